The number of hydrogen-bond acceptors (Lipinski definition) is 5. The first-order valence-corrected chi connectivity index (χ1v) is 7.36. The monoisotopic (exact) mass is 259 g/mol. The van der Waals surface area contributed by atoms with Crippen LogP contribution in [-0.4, -0.2) is 51.9 Å². The van der Waals surface area contributed by atoms with Gasteiger partial charge in [-0.25, -0.2) is 0 Å². The van der Waals surface area contributed by atoms with E-state index in [-0.39, 0.29) is 0 Å². The van der Waals surface area contributed by atoms with Gasteiger partial charge in [0.1, 0.15) is 0 Å². The van der Waals surface area contributed by atoms with Crippen LogP contribution in [0.1, 0.15) is 32.6 Å². The molecule has 5 heteroatoms. The molecule has 0 saturated carbocycles. The average molecular weight is 259 g/mol. The van der Waals surface area contributed by atoms with Gasteiger partial charge < -0.3 is 27.4 Å². The topological polar surface area (TPSA) is 88.1 Å². The standard InChI is InChI=1S/C13H33N5/c1-13(5-12-17-9-3-7-15)18-11-4-10-16-8-2-6-14/h13,16-18H,2-12,14-15H2,1H3. The van der Waals surface area contributed by atoms with E-state index in [0.29, 0.717) is 6.04 Å². The van der Waals surface area contributed by atoms with Crippen LogP contribution in [0.2, 0.25) is 0 Å². The van der Waals surface area contributed by atoms with Gasteiger partial charge in [0.2, 0.25) is 0 Å². The maximum Gasteiger partial charge on any atom is 0.00508 e. The van der Waals surface area contributed by atoms with Gasteiger partial charge in [-0.15, -0.1) is 0 Å². The second-order valence-electron chi connectivity index (χ2n) is 4.78. The van der Waals surface area contributed by atoms with Crippen molar-refractivity contribution in [3.63, 3.8) is 0 Å². The van der Waals surface area contributed by atoms with Gasteiger partial charge in [0.25, 0.3) is 0 Å². The molecule has 0 amide bonds. The Hall–Kier alpha value is -0.200. The van der Waals surface area contributed by atoms with E-state index in [2.05, 4.69) is 22.9 Å². The van der Waals surface area contributed by atoms with Gasteiger partial charge in [-0.1, -0.05) is 0 Å². The summed E-state index contributed by atoms with van der Waals surface area (Å²) in [5.41, 5.74) is 10.9. The van der Waals surface area contributed by atoms with Crippen molar-refractivity contribution < 1.29 is 0 Å². The highest BCUT2D eigenvalue weighted by Crippen LogP contribution is 1.89. The van der Waals surface area contributed by atoms with E-state index in [9.17, 15) is 0 Å². The van der Waals surface area contributed by atoms with Crippen molar-refractivity contribution in [2.45, 2.75) is 38.6 Å². The molecule has 1 unspecified atom stereocenters. The summed E-state index contributed by atoms with van der Waals surface area (Å²) >= 11 is 0. The molecule has 0 saturated heterocycles. The van der Waals surface area contributed by atoms with Gasteiger partial charge in [0, 0.05) is 6.04 Å². The predicted molar refractivity (Wildman–Crippen MR) is 79.8 cm³/mol. The Labute approximate surface area is 112 Å². The number of rotatable bonds is 14. The molecule has 5 nitrogen and oxygen atoms in total. The number of nitrogens with one attached hydrogen (secondary N) is 3. The molecule has 0 spiro atoms. The summed E-state index contributed by atoms with van der Waals surface area (Å²) in [6.07, 6.45) is 4.48. The fraction of sp³-hybridized carbons (Fsp3) is 1.00. The summed E-state index contributed by atoms with van der Waals surface area (Å²) in [5.74, 6) is 0. The number of nitrogens with two attached hydrogens (primary N) is 2. The van der Waals surface area contributed by atoms with Gasteiger partial charge in [0.15, 0.2) is 0 Å². The van der Waals surface area contributed by atoms with Crippen molar-refractivity contribution in [1.82, 2.24) is 16.0 Å². The Morgan fingerprint density at radius 1 is 0.778 bits per heavy atom. The molecule has 0 rings (SSSR count). The third-order valence-corrected chi connectivity index (χ3v) is 2.89. The molecule has 110 valence electrons. The summed E-state index contributed by atoms with van der Waals surface area (Å²) in [4.78, 5) is 0. The zero-order valence-corrected chi connectivity index (χ0v) is 12.0. The zero-order valence-electron chi connectivity index (χ0n) is 12.0. The molecule has 0 aliphatic carbocycles. The Kier molecular flexibility index (Phi) is 14.7. The van der Waals surface area contributed by atoms with E-state index < -0.39 is 0 Å². The summed E-state index contributed by atoms with van der Waals surface area (Å²) < 4.78 is 0. The van der Waals surface area contributed by atoms with E-state index >= 15 is 0 Å². The maximum atomic E-state index is 5.43. The molecule has 18 heavy (non-hydrogen) atoms. The summed E-state index contributed by atoms with van der Waals surface area (Å²) in [7, 11) is 0. The van der Waals surface area contributed by atoms with Crippen molar-refractivity contribution >= 4 is 0 Å². The number of hydrogen-bond donors (Lipinski definition) is 5. The van der Waals surface area contributed by atoms with E-state index in [4.69, 9.17) is 11.5 Å². The highest BCUT2D eigenvalue weighted by Gasteiger charge is 1.99. The fourth-order valence-electron chi connectivity index (χ4n) is 1.69. The molecule has 0 radical (unpaired) electrons. The van der Waals surface area contributed by atoms with E-state index in [1.807, 2.05) is 0 Å². The molecule has 0 fully saturated rings. The van der Waals surface area contributed by atoms with Crippen molar-refractivity contribution in [2.24, 2.45) is 11.5 Å². The third kappa shape index (κ3) is 13.9. The molecule has 0 aliphatic rings. The highest BCUT2D eigenvalue weighted by atomic mass is 14.9. The Bertz CT molecular complexity index is 154. The van der Waals surface area contributed by atoms with E-state index in [1.54, 1.807) is 0 Å². The van der Waals surface area contributed by atoms with Crippen molar-refractivity contribution in [3.05, 3.63) is 0 Å². The van der Waals surface area contributed by atoms with Gasteiger partial charge in [-0.2, -0.15) is 0 Å². The smallest absolute Gasteiger partial charge is 0.00508 e. The van der Waals surface area contributed by atoms with Crippen LogP contribution in [0.3, 0.4) is 0 Å². The van der Waals surface area contributed by atoms with Crippen LogP contribution in [0.25, 0.3) is 0 Å². The minimum absolute atomic E-state index is 0.583. The third-order valence-electron chi connectivity index (χ3n) is 2.89. The van der Waals surface area contributed by atoms with Crippen LogP contribution in [-0.2, 0) is 0 Å². The van der Waals surface area contributed by atoms with Gasteiger partial charge in [-0.3, -0.25) is 0 Å². The first-order chi connectivity index (χ1) is 8.81. The maximum absolute atomic E-state index is 5.43. The summed E-state index contributed by atoms with van der Waals surface area (Å²) in [5, 5.41) is 10.3. The Morgan fingerprint density at radius 2 is 1.33 bits per heavy atom. The molecular weight excluding hydrogens is 226 g/mol. The van der Waals surface area contributed by atoms with Crippen LogP contribution >= 0.6 is 0 Å². The van der Waals surface area contributed by atoms with Crippen molar-refractivity contribution in [2.75, 3.05) is 45.8 Å². The minimum Gasteiger partial charge on any atom is -0.330 e. The lowest BCUT2D eigenvalue weighted by Crippen LogP contribution is -2.32. The van der Waals surface area contributed by atoms with Gasteiger partial charge in [-0.05, 0) is 78.4 Å². The molecule has 0 bridgehead atoms. The van der Waals surface area contributed by atoms with E-state index in [1.165, 1.54) is 12.8 Å². The first-order valence-electron chi connectivity index (χ1n) is 7.36. The molecule has 1 atom stereocenters. The van der Waals surface area contributed by atoms with Crippen molar-refractivity contribution in [3.8, 4) is 0 Å². The SMILES string of the molecule is CC(CCNCCCN)NCCCNCCCN. The first kappa shape index (κ1) is 17.8. The lowest BCUT2D eigenvalue weighted by molar-refractivity contribution is 0.479. The van der Waals surface area contributed by atoms with Crippen LogP contribution in [0.4, 0.5) is 0 Å². The molecule has 0 aromatic heterocycles. The second kappa shape index (κ2) is 14.9. The van der Waals surface area contributed by atoms with Gasteiger partial charge in [0.05, 0.1) is 0 Å². The van der Waals surface area contributed by atoms with Crippen LogP contribution in [0.15, 0.2) is 0 Å². The van der Waals surface area contributed by atoms with Crippen molar-refractivity contribution in [1.29, 1.82) is 0 Å². The quantitative estimate of drug-likeness (QED) is 0.275. The minimum atomic E-state index is 0.583. The zero-order chi connectivity index (χ0) is 13.5. The largest absolute Gasteiger partial charge is 0.330 e. The van der Waals surface area contributed by atoms with Crippen LogP contribution in [0, 0.1) is 0 Å². The highest BCUT2D eigenvalue weighted by molar-refractivity contribution is 4.63. The second-order valence-corrected chi connectivity index (χ2v) is 4.78. The molecule has 0 aromatic rings. The lowest BCUT2D eigenvalue weighted by Gasteiger charge is -2.14. The Balaban J connectivity index is 3.09. The molecule has 0 aliphatic heterocycles. The van der Waals surface area contributed by atoms with E-state index in [0.717, 1.165) is 58.7 Å². The van der Waals surface area contributed by atoms with Crippen LogP contribution < -0.4 is 27.4 Å². The van der Waals surface area contributed by atoms with Gasteiger partial charge >= 0.3 is 0 Å². The summed E-state index contributed by atoms with van der Waals surface area (Å²) in [6.45, 7) is 9.10. The lowest BCUT2D eigenvalue weighted by atomic mass is 10.2. The fourth-order valence-corrected chi connectivity index (χ4v) is 1.69. The predicted octanol–water partition coefficient (Wildman–Crippen LogP) is -0.378. The molecule has 0 aromatic carbocycles. The van der Waals surface area contributed by atoms with Crippen LogP contribution in [0.5, 0.6) is 0 Å². The summed E-state index contributed by atoms with van der Waals surface area (Å²) in [6, 6.07) is 0.583. The normalized spacial score (nSPS) is 12.8. The molecule has 7 N–H and O–H groups in total. The molecular formula is C13H33N5. The molecule has 0 heterocycles. The average Bonchev–Trinajstić information content (AvgIpc) is 2.37. The Morgan fingerprint density at radius 3 is 1.94 bits per heavy atom.